The normalized spacial score (nSPS) is 13.2. The van der Waals surface area contributed by atoms with Crippen LogP contribution in [0.25, 0.3) is 5.65 Å². The van der Waals surface area contributed by atoms with Gasteiger partial charge in [0.2, 0.25) is 0 Å². The number of hydrogen-bond donors (Lipinski definition) is 5. The average molecular weight is 372 g/mol. The molecule has 0 aliphatic heterocycles. The van der Waals surface area contributed by atoms with E-state index in [-0.39, 0.29) is 22.7 Å². The van der Waals surface area contributed by atoms with Gasteiger partial charge in [0, 0.05) is 29.5 Å². The molecule has 0 aliphatic rings. The topological polar surface area (TPSA) is 153 Å². The molecule has 0 amide bonds. The molecule has 12 heteroatoms. The summed E-state index contributed by atoms with van der Waals surface area (Å²) in [6.07, 6.45) is 2.40. The van der Waals surface area contributed by atoms with E-state index < -0.39 is 26.0 Å². The van der Waals surface area contributed by atoms with Crippen LogP contribution < -0.4 is 0 Å². The zero-order chi connectivity index (χ0) is 14.5. The molecule has 2 aromatic heterocycles. The molecule has 0 spiro atoms. The summed E-state index contributed by atoms with van der Waals surface area (Å²) < 4.78 is 23.8. The van der Waals surface area contributed by atoms with E-state index in [1.807, 2.05) is 0 Å². The first kappa shape index (κ1) is 17.5. The largest absolute Gasteiger partial charge is 0.375 e. The summed E-state index contributed by atoms with van der Waals surface area (Å²) in [6, 6.07) is 4.59. The van der Waals surface area contributed by atoms with Crippen LogP contribution in [0.3, 0.4) is 0 Å². The predicted octanol–water partition coefficient (Wildman–Crippen LogP) is -0.210. The van der Waals surface area contributed by atoms with E-state index in [4.69, 9.17) is 19.6 Å². The molecule has 2 heterocycles. The smallest absolute Gasteiger partial charge is 0.363 e. The predicted molar refractivity (Wildman–Crippen MR) is 63.2 cm³/mol. The van der Waals surface area contributed by atoms with Gasteiger partial charge in [-0.05, 0) is 12.1 Å². The van der Waals surface area contributed by atoms with Crippen LogP contribution in [0.5, 0.6) is 0 Å². The van der Waals surface area contributed by atoms with E-state index in [2.05, 4.69) is 4.98 Å². The molecule has 0 aliphatic carbocycles. The van der Waals surface area contributed by atoms with Gasteiger partial charge in [-0.2, -0.15) is 0 Å². The van der Waals surface area contributed by atoms with Crippen molar-refractivity contribution in [1.29, 1.82) is 0 Å². The van der Waals surface area contributed by atoms with Crippen molar-refractivity contribution in [2.75, 3.05) is 0 Å². The second kappa shape index (κ2) is 5.35. The van der Waals surface area contributed by atoms with Crippen LogP contribution >= 0.6 is 15.2 Å². The summed E-state index contributed by atoms with van der Waals surface area (Å²) in [6.45, 7) is 0. The standard InChI is InChI=1S/C8H10N2O7P2.Cu/c11-8(18(12,13)14,19(15,16)17)6-5-10-4-2-1-3-7(10)9-6;/h1-5,11H,(H2,12,13,14)(H2,15,16,17);. The van der Waals surface area contributed by atoms with E-state index in [0.717, 1.165) is 6.20 Å². The van der Waals surface area contributed by atoms with Gasteiger partial charge in [-0.25, -0.2) is 4.98 Å². The number of aliphatic hydroxyl groups is 1. The molecule has 115 valence electrons. The van der Waals surface area contributed by atoms with Gasteiger partial charge in [0.1, 0.15) is 11.3 Å². The summed E-state index contributed by atoms with van der Waals surface area (Å²) in [7, 11) is -11.1. The van der Waals surface area contributed by atoms with Crippen LogP contribution in [-0.4, -0.2) is 34.1 Å². The van der Waals surface area contributed by atoms with Crippen molar-refractivity contribution in [3.05, 3.63) is 36.3 Å². The molecule has 0 atom stereocenters. The number of nitrogens with zero attached hydrogens (tertiary/aromatic N) is 2. The molecular formula is C8H10CuN2O7P2. The molecule has 2 rings (SSSR count). The number of fused-ring (bicyclic) bond motifs is 1. The maximum Gasteiger partial charge on any atom is 0.375 e. The van der Waals surface area contributed by atoms with Crippen LogP contribution in [0, 0.1) is 0 Å². The molecule has 0 fully saturated rings. The van der Waals surface area contributed by atoms with Crippen LogP contribution in [0.2, 0.25) is 0 Å². The summed E-state index contributed by atoms with van der Waals surface area (Å²) in [5, 5.41) is 6.19. The van der Waals surface area contributed by atoms with Crippen molar-refractivity contribution in [2.24, 2.45) is 0 Å². The Labute approximate surface area is 123 Å². The Morgan fingerprint density at radius 2 is 1.65 bits per heavy atom. The zero-order valence-electron chi connectivity index (χ0n) is 9.53. The van der Waals surface area contributed by atoms with Crippen molar-refractivity contribution >= 4 is 20.8 Å². The van der Waals surface area contributed by atoms with Crippen molar-refractivity contribution in [3.63, 3.8) is 0 Å². The van der Waals surface area contributed by atoms with E-state index in [1.54, 1.807) is 12.1 Å². The van der Waals surface area contributed by atoms with E-state index in [9.17, 15) is 14.2 Å². The summed E-state index contributed by atoms with van der Waals surface area (Å²) >= 11 is 0. The van der Waals surface area contributed by atoms with Crippen LogP contribution in [0.1, 0.15) is 5.69 Å². The summed E-state index contributed by atoms with van der Waals surface area (Å²) in [4.78, 5) is 39.9. The van der Waals surface area contributed by atoms with Gasteiger partial charge in [0.15, 0.2) is 0 Å². The van der Waals surface area contributed by atoms with Gasteiger partial charge in [0.05, 0.1) is 0 Å². The Hall–Kier alpha value is -0.531. The molecule has 0 bridgehead atoms. The van der Waals surface area contributed by atoms with Gasteiger partial charge < -0.3 is 29.1 Å². The van der Waals surface area contributed by atoms with Gasteiger partial charge in [-0.1, -0.05) is 6.07 Å². The van der Waals surface area contributed by atoms with Crippen molar-refractivity contribution < 1.29 is 50.9 Å². The maximum absolute atomic E-state index is 11.3. The molecule has 2 aromatic rings. The first-order chi connectivity index (χ1) is 8.57. The van der Waals surface area contributed by atoms with Crippen molar-refractivity contribution in [1.82, 2.24) is 9.38 Å². The third kappa shape index (κ3) is 2.63. The Kier molecular flexibility index (Phi) is 4.68. The fraction of sp³-hybridized carbons (Fsp3) is 0.125. The molecule has 0 saturated heterocycles. The second-order valence-corrected chi connectivity index (χ2v) is 7.64. The number of rotatable bonds is 3. The Bertz CT molecular complexity index is 665. The molecule has 0 saturated carbocycles. The van der Waals surface area contributed by atoms with Gasteiger partial charge in [-0.15, -0.1) is 0 Å². The quantitative estimate of drug-likeness (QED) is 0.367. The Morgan fingerprint density at radius 1 is 1.10 bits per heavy atom. The fourth-order valence-electron chi connectivity index (χ4n) is 1.56. The van der Waals surface area contributed by atoms with E-state index >= 15 is 0 Å². The van der Waals surface area contributed by atoms with Crippen molar-refractivity contribution in [2.45, 2.75) is 5.08 Å². The van der Waals surface area contributed by atoms with Crippen LogP contribution in [0.4, 0.5) is 0 Å². The minimum absolute atomic E-state index is 0. The van der Waals surface area contributed by atoms with E-state index in [1.165, 1.54) is 16.7 Å². The van der Waals surface area contributed by atoms with Crippen LogP contribution in [0.15, 0.2) is 30.6 Å². The molecule has 9 nitrogen and oxygen atoms in total. The molecule has 5 N–H and O–H groups in total. The number of hydrogen-bond acceptors (Lipinski definition) is 4. The average Bonchev–Trinajstić information content (AvgIpc) is 2.68. The van der Waals surface area contributed by atoms with E-state index in [0.29, 0.717) is 0 Å². The maximum atomic E-state index is 11.3. The number of aromatic nitrogens is 2. The first-order valence-corrected chi connectivity index (χ1v) is 8.08. The van der Waals surface area contributed by atoms with Crippen molar-refractivity contribution in [3.8, 4) is 0 Å². The first-order valence-electron chi connectivity index (χ1n) is 4.85. The zero-order valence-corrected chi connectivity index (χ0v) is 12.3. The fourth-order valence-corrected chi connectivity index (χ4v) is 3.73. The minimum Gasteiger partial charge on any atom is -0.363 e. The number of pyridine rings is 1. The van der Waals surface area contributed by atoms with Crippen LogP contribution in [-0.2, 0) is 31.3 Å². The second-order valence-electron chi connectivity index (χ2n) is 3.82. The molecule has 0 unspecified atom stereocenters. The summed E-state index contributed by atoms with van der Waals surface area (Å²) in [5.74, 6) is 0. The van der Waals surface area contributed by atoms with Gasteiger partial charge in [0.25, 0.3) is 0 Å². The summed E-state index contributed by atoms with van der Waals surface area (Å²) in [5.41, 5.74) is -0.613. The van der Waals surface area contributed by atoms with Gasteiger partial charge in [-0.3, -0.25) is 9.13 Å². The third-order valence-electron chi connectivity index (χ3n) is 2.52. The third-order valence-corrected chi connectivity index (χ3v) is 6.17. The SMILES string of the molecule is O=P(O)(O)C(O)(c1cn2ccccc2n1)P(=O)(O)O.[Cu]. The van der Waals surface area contributed by atoms with Gasteiger partial charge >= 0.3 is 20.3 Å². The molecule has 1 radical (unpaired) electrons. The Morgan fingerprint density at radius 3 is 2.10 bits per heavy atom. The molecule has 0 aromatic carbocycles. The monoisotopic (exact) mass is 371 g/mol. The Balaban J connectivity index is 0.00000200. The number of imidazole rings is 1. The minimum atomic E-state index is -5.57. The molecule has 20 heavy (non-hydrogen) atoms. The molecular weight excluding hydrogens is 362 g/mol.